The Labute approximate surface area is 184 Å². The van der Waals surface area contributed by atoms with Crippen LogP contribution in [-0.2, 0) is 18.6 Å². The molecule has 30 heavy (non-hydrogen) atoms. The van der Waals surface area contributed by atoms with E-state index in [0.29, 0.717) is 0 Å². The zero-order chi connectivity index (χ0) is 20.8. The fraction of sp³-hybridized carbons (Fsp3) is 0.296. The topological polar surface area (TPSA) is 29.1 Å². The van der Waals surface area contributed by atoms with Gasteiger partial charge in [-0.2, -0.15) is 0 Å². The molecule has 1 N–H and O–H groups in total. The monoisotopic (exact) mass is 415 g/mol. The first-order valence-corrected chi connectivity index (χ1v) is 11.9. The van der Waals surface area contributed by atoms with E-state index in [1.54, 1.807) is 11.8 Å². The summed E-state index contributed by atoms with van der Waals surface area (Å²) in [5, 5.41) is 3.29. The Balaban J connectivity index is 1.48. The molecule has 0 aliphatic heterocycles. The van der Waals surface area contributed by atoms with Crippen molar-refractivity contribution in [3.8, 4) is 0 Å². The summed E-state index contributed by atoms with van der Waals surface area (Å²) in [5.41, 5.74) is 6.19. The molecule has 2 nitrogen and oxygen atoms in total. The Bertz CT molecular complexity index is 999. The number of fused-ring (bicyclic) bond motifs is 1. The maximum absolute atomic E-state index is 13.2. The lowest BCUT2D eigenvalue weighted by atomic mass is 9.88. The molecule has 0 aromatic heterocycles. The standard InChI is InChI=1S/C27H29NOS/c1-2-25(23-17-16-21-12-6-7-13-22(21)18-23)28-27(29)24-14-8-9-15-26(24)30-19-20-10-4-3-5-11-20/h3-5,8-11,14-18,25H,2,6-7,12-13,19H2,1H3,(H,28,29)/t25-/m0/s1. The number of thioether (sulfide) groups is 1. The highest BCUT2D eigenvalue weighted by Gasteiger charge is 2.18. The second-order valence-corrected chi connectivity index (χ2v) is 8.96. The number of nitrogens with one attached hydrogen (secondary N) is 1. The van der Waals surface area contributed by atoms with Crippen LogP contribution < -0.4 is 5.32 Å². The van der Waals surface area contributed by atoms with Crippen LogP contribution in [0.2, 0.25) is 0 Å². The van der Waals surface area contributed by atoms with Crippen LogP contribution in [-0.4, -0.2) is 5.91 Å². The fourth-order valence-corrected chi connectivity index (χ4v) is 5.15. The van der Waals surface area contributed by atoms with Crippen molar-refractivity contribution in [1.82, 2.24) is 5.32 Å². The summed E-state index contributed by atoms with van der Waals surface area (Å²) in [6.45, 7) is 2.14. The van der Waals surface area contributed by atoms with E-state index < -0.39 is 0 Å². The quantitative estimate of drug-likeness (QED) is 0.433. The van der Waals surface area contributed by atoms with Gasteiger partial charge in [-0.3, -0.25) is 4.79 Å². The van der Waals surface area contributed by atoms with Crippen LogP contribution in [0.4, 0.5) is 0 Å². The molecule has 0 fully saturated rings. The Hall–Kier alpha value is -2.52. The number of aryl methyl sites for hydroxylation is 2. The second-order valence-electron chi connectivity index (χ2n) is 7.94. The summed E-state index contributed by atoms with van der Waals surface area (Å²) < 4.78 is 0. The Morgan fingerprint density at radius 1 is 0.933 bits per heavy atom. The van der Waals surface area contributed by atoms with Crippen molar-refractivity contribution in [1.29, 1.82) is 0 Å². The van der Waals surface area contributed by atoms with Gasteiger partial charge in [0.25, 0.3) is 5.91 Å². The van der Waals surface area contributed by atoms with E-state index in [1.165, 1.54) is 41.5 Å². The van der Waals surface area contributed by atoms with E-state index in [2.05, 4.69) is 54.7 Å². The molecular formula is C27H29NOS. The minimum atomic E-state index is 0.00994. The molecule has 1 atom stereocenters. The summed E-state index contributed by atoms with van der Waals surface area (Å²) in [5.74, 6) is 0.864. The molecule has 0 radical (unpaired) electrons. The zero-order valence-corrected chi connectivity index (χ0v) is 18.4. The number of benzene rings is 3. The van der Waals surface area contributed by atoms with Gasteiger partial charge in [-0.1, -0.05) is 67.6 Å². The lowest BCUT2D eigenvalue weighted by molar-refractivity contribution is 0.0932. The number of carbonyl (C=O) groups is 1. The molecule has 0 spiro atoms. The number of carbonyl (C=O) groups excluding carboxylic acids is 1. The lowest BCUT2D eigenvalue weighted by Crippen LogP contribution is -2.28. The largest absolute Gasteiger partial charge is 0.345 e. The molecular weight excluding hydrogens is 386 g/mol. The van der Waals surface area contributed by atoms with E-state index in [1.807, 2.05) is 30.3 Å². The van der Waals surface area contributed by atoms with Crippen LogP contribution in [0.1, 0.15) is 64.8 Å². The first-order valence-electron chi connectivity index (χ1n) is 10.9. The van der Waals surface area contributed by atoms with Crippen molar-refractivity contribution in [3.63, 3.8) is 0 Å². The van der Waals surface area contributed by atoms with Gasteiger partial charge in [0.1, 0.15) is 0 Å². The molecule has 154 valence electrons. The van der Waals surface area contributed by atoms with Gasteiger partial charge < -0.3 is 5.32 Å². The molecule has 3 aromatic rings. The summed E-state index contributed by atoms with van der Waals surface area (Å²) >= 11 is 1.72. The maximum atomic E-state index is 13.2. The molecule has 0 saturated carbocycles. The van der Waals surface area contributed by atoms with E-state index in [4.69, 9.17) is 0 Å². The third-order valence-corrected chi connectivity index (χ3v) is 7.00. The van der Waals surface area contributed by atoms with Crippen molar-refractivity contribution in [2.45, 2.75) is 55.7 Å². The third kappa shape index (κ3) is 4.96. The van der Waals surface area contributed by atoms with E-state index in [9.17, 15) is 4.79 Å². The van der Waals surface area contributed by atoms with E-state index in [-0.39, 0.29) is 11.9 Å². The van der Waals surface area contributed by atoms with Gasteiger partial charge >= 0.3 is 0 Å². The smallest absolute Gasteiger partial charge is 0.252 e. The molecule has 1 amide bonds. The molecule has 0 saturated heterocycles. The fourth-order valence-electron chi connectivity index (χ4n) is 4.14. The van der Waals surface area contributed by atoms with Gasteiger partial charge in [-0.25, -0.2) is 0 Å². The van der Waals surface area contributed by atoms with Crippen LogP contribution in [0.25, 0.3) is 0 Å². The molecule has 0 heterocycles. The highest BCUT2D eigenvalue weighted by molar-refractivity contribution is 7.98. The average molecular weight is 416 g/mol. The minimum absolute atomic E-state index is 0.00994. The number of hydrogen-bond acceptors (Lipinski definition) is 2. The van der Waals surface area contributed by atoms with Crippen molar-refractivity contribution in [2.24, 2.45) is 0 Å². The van der Waals surface area contributed by atoms with Crippen LogP contribution in [0, 0.1) is 0 Å². The molecule has 0 unspecified atom stereocenters. The Morgan fingerprint density at radius 2 is 1.67 bits per heavy atom. The summed E-state index contributed by atoms with van der Waals surface area (Å²) in [6.07, 6.45) is 5.78. The summed E-state index contributed by atoms with van der Waals surface area (Å²) in [6, 6.07) is 25.1. The number of rotatable bonds is 7. The van der Waals surface area contributed by atoms with Gasteiger partial charge in [-0.15, -0.1) is 11.8 Å². The predicted molar refractivity (Wildman–Crippen MR) is 126 cm³/mol. The first kappa shape index (κ1) is 20.7. The van der Waals surface area contributed by atoms with Crippen LogP contribution in [0.15, 0.2) is 77.7 Å². The van der Waals surface area contributed by atoms with Gasteiger partial charge in [0.05, 0.1) is 11.6 Å². The van der Waals surface area contributed by atoms with Crippen LogP contribution in [0.3, 0.4) is 0 Å². The van der Waals surface area contributed by atoms with Crippen molar-refractivity contribution in [2.75, 3.05) is 0 Å². The molecule has 4 rings (SSSR count). The first-order chi connectivity index (χ1) is 14.7. The average Bonchev–Trinajstić information content (AvgIpc) is 2.81. The lowest BCUT2D eigenvalue weighted by Gasteiger charge is -2.22. The molecule has 0 bridgehead atoms. The minimum Gasteiger partial charge on any atom is -0.345 e. The maximum Gasteiger partial charge on any atom is 0.252 e. The van der Waals surface area contributed by atoms with Crippen molar-refractivity contribution < 1.29 is 4.79 Å². The highest BCUT2D eigenvalue weighted by atomic mass is 32.2. The van der Waals surface area contributed by atoms with Crippen molar-refractivity contribution >= 4 is 17.7 Å². The molecule has 1 aliphatic rings. The number of amides is 1. The zero-order valence-electron chi connectivity index (χ0n) is 17.6. The highest BCUT2D eigenvalue weighted by Crippen LogP contribution is 2.29. The SMILES string of the molecule is CC[C@H](NC(=O)c1ccccc1SCc1ccccc1)c1ccc2c(c1)CCCC2. The summed E-state index contributed by atoms with van der Waals surface area (Å²) in [4.78, 5) is 14.2. The second kappa shape index (κ2) is 9.99. The normalized spacial score (nSPS) is 14.0. The van der Waals surface area contributed by atoms with Gasteiger partial charge in [-0.05, 0) is 66.5 Å². The summed E-state index contributed by atoms with van der Waals surface area (Å²) in [7, 11) is 0. The predicted octanol–water partition coefficient (Wildman–Crippen LogP) is 6.74. The van der Waals surface area contributed by atoms with Gasteiger partial charge in [0, 0.05) is 10.6 Å². The van der Waals surface area contributed by atoms with Crippen molar-refractivity contribution in [3.05, 3.63) is 101 Å². The Morgan fingerprint density at radius 3 is 2.47 bits per heavy atom. The molecule has 3 aromatic carbocycles. The Kier molecular flexibility index (Phi) is 6.91. The van der Waals surface area contributed by atoms with E-state index in [0.717, 1.165) is 29.1 Å². The van der Waals surface area contributed by atoms with Gasteiger partial charge in [0.15, 0.2) is 0 Å². The molecule has 1 aliphatic carbocycles. The number of hydrogen-bond donors (Lipinski definition) is 1. The van der Waals surface area contributed by atoms with Gasteiger partial charge in [0.2, 0.25) is 0 Å². The third-order valence-electron chi connectivity index (χ3n) is 5.86. The van der Waals surface area contributed by atoms with E-state index >= 15 is 0 Å². The van der Waals surface area contributed by atoms with Crippen LogP contribution in [0.5, 0.6) is 0 Å². The van der Waals surface area contributed by atoms with Crippen LogP contribution >= 0.6 is 11.8 Å². The molecule has 3 heteroatoms.